The summed E-state index contributed by atoms with van der Waals surface area (Å²) >= 11 is 0. The third kappa shape index (κ3) is 8.04. The number of nitrogens with zero attached hydrogens (tertiary/aromatic N) is 3. The zero-order valence-corrected chi connectivity index (χ0v) is 21.5. The van der Waals surface area contributed by atoms with Gasteiger partial charge in [-0.3, -0.25) is 4.79 Å². The molecule has 1 aromatic heterocycles. The Kier molecular flexibility index (Phi) is 10.2. The summed E-state index contributed by atoms with van der Waals surface area (Å²) in [6.07, 6.45) is 3.47. The molecular weight excluding hydrogens is 457 g/mol. The molecule has 0 aliphatic carbocycles. The molecule has 36 heavy (non-hydrogen) atoms. The molecule has 0 aliphatic heterocycles. The standard InChI is InChI=1S/C29H36FN3O3/c1-5-35-26-16-14-23(15-17-26)24-10-9-11-25(20-24)33(28(34)18-13-22(4)30)19-8-6-7-12-27-31-29(21(2)3)36-32-27/h9-11,14-17,20-21H,4-8,12-13,18-19H2,1-3H3. The number of rotatable bonds is 14. The number of carbonyl (C=O) groups excluding carboxylic acids is 1. The fourth-order valence-corrected chi connectivity index (χ4v) is 3.87. The Hall–Kier alpha value is -3.48. The van der Waals surface area contributed by atoms with Crippen LogP contribution in [0.2, 0.25) is 0 Å². The Balaban J connectivity index is 1.66. The molecule has 0 fully saturated rings. The number of ether oxygens (including phenoxy) is 1. The molecule has 0 N–H and O–H groups in total. The minimum atomic E-state index is -0.479. The maximum absolute atomic E-state index is 13.3. The Morgan fingerprint density at radius 2 is 1.86 bits per heavy atom. The fourth-order valence-electron chi connectivity index (χ4n) is 3.87. The Morgan fingerprint density at radius 1 is 1.08 bits per heavy atom. The summed E-state index contributed by atoms with van der Waals surface area (Å²) in [5, 5.41) is 4.04. The normalized spacial score (nSPS) is 11.0. The van der Waals surface area contributed by atoms with Crippen LogP contribution in [0, 0.1) is 0 Å². The van der Waals surface area contributed by atoms with Crippen molar-refractivity contribution in [2.45, 2.75) is 65.2 Å². The van der Waals surface area contributed by atoms with Crippen molar-refractivity contribution in [2.24, 2.45) is 0 Å². The van der Waals surface area contributed by atoms with Crippen molar-refractivity contribution in [3.8, 4) is 16.9 Å². The largest absolute Gasteiger partial charge is 0.494 e. The number of halogens is 1. The van der Waals surface area contributed by atoms with E-state index in [0.29, 0.717) is 19.0 Å². The highest BCUT2D eigenvalue weighted by Crippen LogP contribution is 2.27. The highest BCUT2D eigenvalue weighted by atomic mass is 19.1. The first-order chi connectivity index (χ1) is 17.4. The highest BCUT2D eigenvalue weighted by Gasteiger charge is 2.17. The van der Waals surface area contributed by atoms with E-state index >= 15 is 0 Å². The third-order valence-corrected chi connectivity index (χ3v) is 5.83. The lowest BCUT2D eigenvalue weighted by atomic mass is 10.0. The number of unbranched alkanes of at least 4 members (excludes halogenated alkanes) is 2. The molecule has 0 atom stereocenters. The van der Waals surface area contributed by atoms with E-state index in [-0.39, 0.29) is 24.7 Å². The molecular formula is C29H36FN3O3. The van der Waals surface area contributed by atoms with Crippen LogP contribution in [0.25, 0.3) is 11.1 Å². The molecule has 3 aromatic rings. The summed E-state index contributed by atoms with van der Waals surface area (Å²) in [5.74, 6) is 1.82. The van der Waals surface area contributed by atoms with E-state index in [2.05, 4.69) is 16.7 Å². The number of allylic oxidation sites excluding steroid dienone is 1. The van der Waals surface area contributed by atoms with Crippen molar-refractivity contribution in [3.63, 3.8) is 0 Å². The first kappa shape index (κ1) is 27.1. The van der Waals surface area contributed by atoms with E-state index < -0.39 is 5.83 Å². The Bertz CT molecular complexity index is 1120. The van der Waals surface area contributed by atoms with E-state index in [1.807, 2.05) is 69.3 Å². The van der Waals surface area contributed by atoms with Crippen LogP contribution in [0.15, 0.2) is 65.5 Å². The zero-order chi connectivity index (χ0) is 25.9. The number of carbonyl (C=O) groups is 1. The van der Waals surface area contributed by atoms with Crippen LogP contribution in [-0.2, 0) is 11.2 Å². The SMILES string of the molecule is C=C(F)CCC(=O)N(CCCCCc1noc(C(C)C)n1)c1cccc(-c2ccc(OCC)cc2)c1. The quantitative estimate of drug-likeness (QED) is 0.221. The second-order valence-electron chi connectivity index (χ2n) is 9.08. The number of benzene rings is 2. The van der Waals surface area contributed by atoms with Crippen molar-refractivity contribution < 1.29 is 18.4 Å². The average Bonchev–Trinajstić information content (AvgIpc) is 3.35. The molecule has 3 rings (SSSR count). The maximum atomic E-state index is 13.3. The lowest BCUT2D eigenvalue weighted by molar-refractivity contribution is -0.118. The van der Waals surface area contributed by atoms with Gasteiger partial charge in [-0.25, -0.2) is 4.39 Å². The summed E-state index contributed by atoms with van der Waals surface area (Å²) in [6, 6.07) is 15.8. The molecule has 0 spiro atoms. The van der Waals surface area contributed by atoms with Gasteiger partial charge in [-0.15, -0.1) is 0 Å². The summed E-state index contributed by atoms with van der Waals surface area (Å²) in [5.41, 5.74) is 2.84. The Labute approximate surface area is 213 Å². The molecule has 0 bridgehead atoms. The lowest BCUT2D eigenvalue weighted by Gasteiger charge is -2.24. The molecule has 0 radical (unpaired) electrons. The van der Waals surface area contributed by atoms with E-state index in [4.69, 9.17) is 9.26 Å². The maximum Gasteiger partial charge on any atom is 0.229 e. The minimum absolute atomic E-state index is 0.0317. The van der Waals surface area contributed by atoms with Gasteiger partial charge in [0, 0.05) is 37.4 Å². The zero-order valence-electron chi connectivity index (χ0n) is 21.5. The summed E-state index contributed by atoms with van der Waals surface area (Å²) < 4.78 is 24.1. The van der Waals surface area contributed by atoms with Crippen molar-refractivity contribution in [1.82, 2.24) is 10.1 Å². The molecule has 2 aromatic carbocycles. The van der Waals surface area contributed by atoms with Crippen LogP contribution in [0.4, 0.5) is 10.1 Å². The first-order valence-electron chi connectivity index (χ1n) is 12.7. The van der Waals surface area contributed by atoms with Gasteiger partial charge in [0.1, 0.15) is 5.75 Å². The minimum Gasteiger partial charge on any atom is -0.494 e. The molecule has 192 valence electrons. The number of amides is 1. The van der Waals surface area contributed by atoms with Crippen molar-refractivity contribution >= 4 is 11.6 Å². The van der Waals surface area contributed by atoms with Gasteiger partial charge >= 0.3 is 0 Å². The van der Waals surface area contributed by atoms with Crippen LogP contribution in [0.3, 0.4) is 0 Å². The second-order valence-corrected chi connectivity index (χ2v) is 9.08. The van der Waals surface area contributed by atoms with Crippen molar-refractivity contribution in [3.05, 3.63) is 72.7 Å². The third-order valence-electron chi connectivity index (χ3n) is 5.83. The predicted octanol–water partition coefficient (Wildman–Crippen LogP) is 7.27. The van der Waals surface area contributed by atoms with E-state index in [9.17, 15) is 9.18 Å². The van der Waals surface area contributed by atoms with E-state index in [1.54, 1.807) is 4.90 Å². The van der Waals surface area contributed by atoms with E-state index in [0.717, 1.165) is 54.1 Å². The van der Waals surface area contributed by atoms with Crippen LogP contribution >= 0.6 is 0 Å². The van der Waals surface area contributed by atoms with Crippen molar-refractivity contribution in [1.29, 1.82) is 0 Å². The van der Waals surface area contributed by atoms with Gasteiger partial charge in [0.05, 0.1) is 12.4 Å². The van der Waals surface area contributed by atoms with Crippen LogP contribution in [0.5, 0.6) is 5.75 Å². The van der Waals surface area contributed by atoms with Crippen LogP contribution < -0.4 is 9.64 Å². The Morgan fingerprint density at radius 3 is 2.53 bits per heavy atom. The number of anilines is 1. The monoisotopic (exact) mass is 493 g/mol. The molecule has 1 amide bonds. The molecule has 7 heteroatoms. The molecule has 0 saturated carbocycles. The average molecular weight is 494 g/mol. The summed E-state index contributed by atoms with van der Waals surface area (Å²) in [6.45, 7) is 10.5. The number of aryl methyl sites for hydroxylation is 1. The molecule has 6 nitrogen and oxygen atoms in total. The summed E-state index contributed by atoms with van der Waals surface area (Å²) in [7, 11) is 0. The molecule has 0 saturated heterocycles. The molecule has 1 heterocycles. The topological polar surface area (TPSA) is 68.5 Å². The van der Waals surface area contributed by atoms with Gasteiger partial charge in [-0.2, -0.15) is 4.98 Å². The van der Waals surface area contributed by atoms with Crippen LogP contribution in [0.1, 0.15) is 70.5 Å². The van der Waals surface area contributed by atoms with Crippen molar-refractivity contribution in [2.75, 3.05) is 18.1 Å². The first-order valence-corrected chi connectivity index (χ1v) is 12.7. The number of hydrogen-bond donors (Lipinski definition) is 0. The van der Waals surface area contributed by atoms with Gasteiger partial charge in [0.15, 0.2) is 5.82 Å². The fraction of sp³-hybridized carbons (Fsp3) is 0.414. The smallest absolute Gasteiger partial charge is 0.229 e. The highest BCUT2D eigenvalue weighted by molar-refractivity contribution is 5.94. The summed E-state index contributed by atoms with van der Waals surface area (Å²) in [4.78, 5) is 19.2. The van der Waals surface area contributed by atoms with Gasteiger partial charge in [0.2, 0.25) is 11.8 Å². The lowest BCUT2D eigenvalue weighted by Crippen LogP contribution is -2.31. The van der Waals surface area contributed by atoms with E-state index in [1.165, 1.54) is 0 Å². The number of hydrogen-bond acceptors (Lipinski definition) is 5. The van der Waals surface area contributed by atoms with Gasteiger partial charge in [0.25, 0.3) is 0 Å². The molecule has 0 unspecified atom stereocenters. The molecule has 0 aliphatic rings. The predicted molar refractivity (Wildman–Crippen MR) is 141 cm³/mol. The van der Waals surface area contributed by atoms with Gasteiger partial charge < -0.3 is 14.2 Å². The van der Waals surface area contributed by atoms with Gasteiger partial charge in [-0.05, 0) is 55.2 Å². The van der Waals surface area contributed by atoms with Gasteiger partial charge in [-0.1, -0.05) is 56.3 Å². The number of aromatic nitrogens is 2. The second kappa shape index (κ2) is 13.6. The van der Waals surface area contributed by atoms with Crippen LogP contribution in [-0.4, -0.2) is 29.2 Å².